The largest absolute Gasteiger partial charge is 0.240 e. The number of aromatic nitrogens is 1. The Bertz CT molecular complexity index is 520. The van der Waals surface area contributed by atoms with E-state index in [0.717, 1.165) is 26.2 Å². The van der Waals surface area contributed by atoms with Crippen LogP contribution in [0.5, 0.6) is 0 Å². The van der Waals surface area contributed by atoms with Crippen molar-refractivity contribution in [2.75, 3.05) is 0 Å². The molecule has 0 aliphatic heterocycles. The summed E-state index contributed by atoms with van der Waals surface area (Å²) < 4.78 is 0. The molecular weight excluding hydrogens is 226 g/mol. The Kier molecular flexibility index (Phi) is 2.77. The first-order chi connectivity index (χ1) is 7.20. The maximum Gasteiger partial charge on any atom is 0.124 e. The second kappa shape index (κ2) is 4.06. The van der Waals surface area contributed by atoms with Crippen molar-refractivity contribution < 1.29 is 0 Å². The van der Waals surface area contributed by atoms with E-state index in [1.54, 1.807) is 0 Å². The first kappa shape index (κ1) is 10.2. The summed E-state index contributed by atoms with van der Waals surface area (Å²) in [5.41, 5.74) is 1.96. The molecule has 0 saturated carbocycles. The molecule has 0 unspecified atom stereocenters. The Morgan fingerprint density at radius 3 is 2.53 bits per heavy atom. The van der Waals surface area contributed by atoms with Gasteiger partial charge in [-0.1, -0.05) is 29.7 Å². The molecular formula is C12H8ClNS. The Labute approximate surface area is 97.7 Å². The third-order valence-electron chi connectivity index (χ3n) is 2.02. The third kappa shape index (κ3) is 2.04. The van der Waals surface area contributed by atoms with Gasteiger partial charge < -0.3 is 0 Å². The molecule has 0 spiro atoms. The van der Waals surface area contributed by atoms with Crippen LogP contribution in [0.1, 0.15) is 10.6 Å². The van der Waals surface area contributed by atoms with E-state index in [1.165, 1.54) is 11.3 Å². The Morgan fingerprint density at radius 1 is 1.33 bits per heavy atom. The zero-order valence-electron chi connectivity index (χ0n) is 8.12. The molecule has 0 aliphatic carbocycles. The molecule has 0 N–H and O–H groups in total. The monoisotopic (exact) mass is 233 g/mol. The van der Waals surface area contributed by atoms with Gasteiger partial charge in [-0.2, -0.15) is 0 Å². The summed E-state index contributed by atoms with van der Waals surface area (Å²) in [6, 6.07) is 7.59. The van der Waals surface area contributed by atoms with Gasteiger partial charge >= 0.3 is 0 Å². The molecule has 1 aromatic carbocycles. The predicted octanol–water partition coefficient (Wildman–Crippen LogP) is 3.75. The number of hydrogen-bond donors (Lipinski definition) is 0. The van der Waals surface area contributed by atoms with Gasteiger partial charge in [-0.05, 0) is 19.1 Å². The summed E-state index contributed by atoms with van der Waals surface area (Å²) in [6.07, 6.45) is 5.37. The maximum absolute atomic E-state index is 5.81. The molecule has 0 radical (unpaired) electrons. The maximum atomic E-state index is 5.81. The van der Waals surface area contributed by atoms with Crippen LogP contribution in [0.25, 0.3) is 10.6 Å². The van der Waals surface area contributed by atoms with Crippen molar-refractivity contribution >= 4 is 22.9 Å². The molecule has 1 heterocycles. The number of thiazole rings is 1. The third-order valence-corrected chi connectivity index (χ3v) is 3.41. The fraction of sp³-hybridized carbons (Fsp3) is 0.0833. The van der Waals surface area contributed by atoms with E-state index in [0.29, 0.717) is 0 Å². The van der Waals surface area contributed by atoms with E-state index < -0.39 is 0 Å². The van der Waals surface area contributed by atoms with Crippen LogP contribution in [0.3, 0.4) is 0 Å². The van der Waals surface area contributed by atoms with Crippen LogP contribution in [0.15, 0.2) is 24.3 Å². The minimum absolute atomic E-state index is 0.726. The molecule has 0 amide bonds. The van der Waals surface area contributed by atoms with Crippen LogP contribution in [-0.2, 0) is 0 Å². The summed E-state index contributed by atoms with van der Waals surface area (Å²) in [5.74, 6) is 2.63. The van der Waals surface area contributed by atoms with E-state index in [2.05, 4.69) is 10.9 Å². The summed E-state index contributed by atoms with van der Waals surface area (Å²) in [5, 5.41) is 1.67. The summed E-state index contributed by atoms with van der Waals surface area (Å²) in [7, 11) is 0. The smallest absolute Gasteiger partial charge is 0.124 e. The molecule has 2 aromatic rings. The quantitative estimate of drug-likeness (QED) is 0.684. The van der Waals surface area contributed by atoms with Gasteiger partial charge in [-0.25, -0.2) is 4.98 Å². The highest BCUT2D eigenvalue weighted by atomic mass is 35.5. The van der Waals surface area contributed by atoms with Crippen molar-refractivity contribution in [3.05, 3.63) is 39.9 Å². The average Bonchev–Trinajstić information content (AvgIpc) is 2.61. The molecule has 0 aliphatic rings. The highest BCUT2D eigenvalue weighted by Crippen LogP contribution is 2.28. The number of hydrogen-bond acceptors (Lipinski definition) is 2. The zero-order chi connectivity index (χ0) is 10.8. The number of terminal acetylenes is 1. The van der Waals surface area contributed by atoms with Gasteiger partial charge in [0.1, 0.15) is 5.01 Å². The van der Waals surface area contributed by atoms with Gasteiger partial charge in [0.25, 0.3) is 0 Å². The Morgan fingerprint density at radius 2 is 2.00 bits per heavy atom. The van der Waals surface area contributed by atoms with Crippen LogP contribution in [0.4, 0.5) is 0 Å². The number of benzene rings is 1. The number of rotatable bonds is 1. The lowest BCUT2D eigenvalue weighted by atomic mass is 10.2. The fourth-order valence-corrected chi connectivity index (χ4v) is 2.25. The summed E-state index contributed by atoms with van der Waals surface area (Å²) in [4.78, 5) is 5.30. The first-order valence-electron chi connectivity index (χ1n) is 4.40. The molecule has 1 aromatic heterocycles. The molecule has 2 rings (SSSR count). The van der Waals surface area contributed by atoms with Crippen molar-refractivity contribution in [3.8, 4) is 22.9 Å². The predicted molar refractivity (Wildman–Crippen MR) is 65.2 cm³/mol. The van der Waals surface area contributed by atoms with E-state index in [9.17, 15) is 0 Å². The van der Waals surface area contributed by atoms with E-state index in [4.69, 9.17) is 18.0 Å². The lowest BCUT2D eigenvalue weighted by molar-refractivity contribution is 1.26. The SMILES string of the molecule is C#Cc1sc(-c2ccc(Cl)cc2)nc1C. The van der Waals surface area contributed by atoms with Gasteiger partial charge in [0.05, 0.1) is 10.6 Å². The average molecular weight is 234 g/mol. The van der Waals surface area contributed by atoms with E-state index >= 15 is 0 Å². The molecule has 0 bridgehead atoms. The number of halogens is 1. The minimum atomic E-state index is 0.726. The second-order valence-corrected chi connectivity index (χ2v) is 4.52. The van der Waals surface area contributed by atoms with Crippen molar-refractivity contribution in [1.29, 1.82) is 0 Å². The second-order valence-electron chi connectivity index (χ2n) is 3.08. The lowest BCUT2D eigenvalue weighted by Crippen LogP contribution is -1.76. The molecule has 74 valence electrons. The Hall–Kier alpha value is -1.30. The van der Waals surface area contributed by atoms with Gasteiger partial charge in [0.2, 0.25) is 0 Å². The van der Waals surface area contributed by atoms with Crippen molar-refractivity contribution in [1.82, 2.24) is 4.98 Å². The number of aryl methyl sites for hydroxylation is 1. The standard InChI is InChI=1S/C12H8ClNS/c1-3-11-8(2)14-12(15-11)9-4-6-10(13)7-5-9/h1,4-7H,2H3. The van der Waals surface area contributed by atoms with Crippen LogP contribution in [0.2, 0.25) is 5.02 Å². The fourth-order valence-electron chi connectivity index (χ4n) is 1.25. The molecule has 3 heteroatoms. The van der Waals surface area contributed by atoms with Crippen LogP contribution in [0, 0.1) is 19.3 Å². The van der Waals surface area contributed by atoms with Crippen molar-refractivity contribution in [2.45, 2.75) is 6.92 Å². The lowest BCUT2D eigenvalue weighted by Gasteiger charge is -1.94. The van der Waals surface area contributed by atoms with E-state index in [1.807, 2.05) is 31.2 Å². The normalized spacial score (nSPS) is 9.93. The molecule has 0 saturated heterocycles. The highest BCUT2D eigenvalue weighted by Gasteiger charge is 2.06. The Balaban J connectivity index is 2.46. The first-order valence-corrected chi connectivity index (χ1v) is 5.60. The number of nitrogens with zero attached hydrogens (tertiary/aromatic N) is 1. The zero-order valence-corrected chi connectivity index (χ0v) is 9.69. The van der Waals surface area contributed by atoms with Gasteiger partial charge in [-0.3, -0.25) is 0 Å². The van der Waals surface area contributed by atoms with E-state index in [-0.39, 0.29) is 0 Å². The molecule has 1 nitrogen and oxygen atoms in total. The molecule has 15 heavy (non-hydrogen) atoms. The highest BCUT2D eigenvalue weighted by molar-refractivity contribution is 7.15. The van der Waals surface area contributed by atoms with Gasteiger partial charge in [0, 0.05) is 10.6 Å². The molecule has 0 atom stereocenters. The minimum Gasteiger partial charge on any atom is -0.240 e. The van der Waals surface area contributed by atoms with Crippen molar-refractivity contribution in [2.24, 2.45) is 0 Å². The summed E-state index contributed by atoms with van der Waals surface area (Å²) in [6.45, 7) is 1.92. The topological polar surface area (TPSA) is 12.9 Å². The van der Waals surface area contributed by atoms with Crippen LogP contribution < -0.4 is 0 Å². The van der Waals surface area contributed by atoms with Gasteiger partial charge in [0.15, 0.2) is 0 Å². The molecule has 0 fully saturated rings. The van der Waals surface area contributed by atoms with Crippen LogP contribution in [-0.4, -0.2) is 4.98 Å². The van der Waals surface area contributed by atoms with Gasteiger partial charge in [-0.15, -0.1) is 17.8 Å². The summed E-state index contributed by atoms with van der Waals surface area (Å²) >= 11 is 7.34. The van der Waals surface area contributed by atoms with Crippen molar-refractivity contribution in [3.63, 3.8) is 0 Å². The van der Waals surface area contributed by atoms with Crippen LogP contribution >= 0.6 is 22.9 Å².